The van der Waals surface area contributed by atoms with Gasteiger partial charge >= 0.3 is 5.97 Å². The molecule has 0 atom stereocenters. The summed E-state index contributed by atoms with van der Waals surface area (Å²) in [4.78, 5) is 25.1. The molecule has 92 valence electrons. The van der Waals surface area contributed by atoms with Crippen LogP contribution >= 0.6 is 11.6 Å². The van der Waals surface area contributed by atoms with E-state index in [0.717, 1.165) is 5.56 Å². The van der Waals surface area contributed by atoms with Gasteiger partial charge in [-0.25, -0.2) is 4.79 Å². The zero-order valence-corrected chi connectivity index (χ0v) is 10.3. The Hall–Kier alpha value is -2.07. The first-order valence-electron chi connectivity index (χ1n) is 5.22. The van der Waals surface area contributed by atoms with E-state index in [1.165, 1.54) is 6.20 Å². The molecule has 2 N–H and O–H groups in total. The maximum atomic E-state index is 11.6. The van der Waals surface area contributed by atoms with E-state index in [1.807, 2.05) is 6.92 Å². The van der Waals surface area contributed by atoms with Gasteiger partial charge in [-0.3, -0.25) is 4.79 Å². The van der Waals surface area contributed by atoms with Gasteiger partial charge in [0.05, 0.1) is 0 Å². The number of aromatic amines is 1. The van der Waals surface area contributed by atoms with E-state index >= 15 is 0 Å². The summed E-state index contributed by atoms with van der Waals surface area (Å²) in [6, 6.07) is 6.71. The van der Waals surface area contributed by atoms with Crippen molar-refractivity contribution in [1.82, 2.24) is 4.98 Å². The minimum absolute atomic E-state index is 0.275. The summed E-state index contributed by atoms with van der Waals surface area (Å²) in [5.41, 5.74) is 0.965. The molecule has 0 saturated carbocycles. The Kier molecular flexibility index (Phi) is 3.21. The molecule has 0 unspecified atom stereocenters. The summed E-state index contributed by atoms with van der Waals surface area (Å²) < 4.78 is 0. The molecule has 0 amide bonds. The van der Waals surface area contributed by atoms with Crippen molar-refractivity contribution in [2.75, 3.05) is 0 Å². The van der Waals surface area contributed by atoms with Gasteiger partial charge in [-0.05, 0) is 36.2 Å². The zero-order chi connectivity index (χ0) is 13.3. The van der Waals surface area contributed by atoms with Crippen molar-refractivity contribution in [3.05, 3.63) is 57.0 Å². The first-order chi connectivity index (χ1) is 8.50. The van der Waals surface area contributed by atoms with E-state index in [9.17, 15) is 9.59 Å². The first-order valence-corrected chi connectivity index (χ1v) is 5.60. The topological polar surface area (TPSA) is 70.2 Å². The number of H-pyrrole nitrogens is 1. The fourth-order valence-electron chi connectivity index (χ4n) is 1.80. The highest BCUT2D eigenvalue weighted by molar-refractivity contribution is 6.31. The Morgan fingerprint density at radius 3 is 2.67 bits per heavy atom. The zero-order valence-electron chi connectivity index (χ0n) is 9.53. The minimum atomic E-state index is -1.26. The number of hydrogen-bond acceptors (Lipinski definition) is 2. The van der Waals surface area contributed by atoms with Gasteiger partial charge in [0.2, 0.25) is 0 Å². The smallest absolute Gasteiger partial charge is 0.341 e. The Bertz CT molecular complexity index is 676. The SMILES string of the molecule is Cc1ccc(Cl)cc1-c1cc[nH]c(=O)c1C(=O)O. The van der Waals surface area contributed by atoms with Gasteiger partial charge in [-0.1, -0.05) is 17.7 Å². The van der Waals surface area contributed by atoms with E-state index in [-0.39, 0.29) is 5.56 Å². The van der Waals surface area contributed by atoms with Crippen LogP contribution in [0.5, 0.6) is 0 Å². The highest BCUT2D eigenvalue weighted by atomic mass is 35.5. The number of pyridine rings is 1. The number of nitrogens with one attached hydrogen (secondary N) is 1. The van der Waals surface area contributed by atoms with Crippen molar-refractivity contribution in [2.45, 2.75) is 6.92 Å². The number of aromatic nitrogens is 1. The normalized spacial score (nSPS) is 10.3. The van der Waals surface area contributed by atoms with Crippen LogP contribution in [0.25, 0.3) is 11.1 Å². The number of halogens is 1. The molecule has 0 radical (unpaired) electrons. The van der Waals surface area contributed by atoms with Crippen LogP contribution < -0.4 is 5.56 Å². The van der Waals surface area contributed by atoms with Gasteiger partial charge in [0, 0.05) is 16.8 Å². The van der Waals surface area contributed by atoms with E-state index in [1.54, 1.807) is 24.3 Å². The third-order valence-electron chi connectivity index (χ3n) is 2.66. The summed E-state index contributed by atoms with van der Waals surface area (Å²) in [5.74, 6) is -1.26. The second kappa shape index (κ2) is 4.66. The Labute approximate surface area is 108 Å². The number of hydrogen-bond donors (Lipinski definition) is 2. The van der Waals surface area contributed by atoms with Crippen molar-refractivity contribution in [2.24, 2.45) is 0 Å². The lowest BCUT2D eigenvalue weighted by molar-refractivity contribution is 0.0696. The molecule has 1 heterocycles. The van der Waals surface area contributed by atoms with Crippen molar-refractivity contribution in [1.29, 1.82) is 0 Å². The molecule has 18 heavy (non-hydrogen) atoms. The second-order valence-electron chi connectivity index (χ2n) is 3.86. The number of benzene rings is 1. The van der Waals surface area contributed by atoms with E-state index in [4.69, 9.17) is 16.7 Å². The summed E-state index contributed by atoms with van der Waals surface area (Å²) in [6.07, 6.45) is 1.42. The summed E-state index contributed by atoms with van der Waals surface area (Å²) in [7, 11) is 0. The third kappa shape index (κ3) is 2.15. The molecule has 2 rings (SSSR count). The molecular formula is C13H10ClNO3. The van der Waals surface area contributed by atoms with Gasteiger partial charge < -0.3 is 10.1 Å². The fourth-order valence-corrected chi connectivity index (χ4v) is 1.97. The van der Waals surface area contributed by atoms with Gasteiger partial charge in [-0.2, -0.15) is 0 Å². The van der Waals surface area contributed by atoms with Crippen molar-refractivity contribution < 1.29 is 9.90 Å². The fraction of sp³-hybridized carbons (Fsp3) is 0.0769. The van der Waals surface area contributed by atoms with Crippen LogP contribution in [-0.2, 0) is 0 Å². The average molecular weight is 264 g/mol. The molecule has 0 spiro atoms. The number of aryl methyl sites for hydroxylation is 1. The van der Waals surface area contributed by atoms with Crippen LogP contribution in [0.2, 0.25) is 5.02 Å². The molecule has 0 saturated heterocycles. The molecule has 4 nitrogen and oxygen atoms in total. The molecule has 5 heteroatoms. The maximum absolute atomic E-state index is 11.6. The van der Waals surface area contributed by atoms with E-state index in [0.29, 0.717) is 16.1 Å². The lowest BCUT2D eigenvalue weighted by atomic mass is 9.97. The molecule has 0 aliphatic heterocycles. The molecule has 0 bridgehead atoms. The monoisotopic (exact) mass is 263 g/mol. The van der Waals surface area contributed by atoms with Crippen LogP contribution in [0.4, 0.5) is 0 Å². The Morgan fingerprint density at radius 1 is 1.28 bits per heavy atom. The molecule has 0 fully saturated rings. The summed E-state index contributed by atoms with van der Waals surface area (Å²) in [5, 5.41) is 9.61. The second-order valence-corrected chi connectivity index (χ2v) is 4.30. The number of aromatic carboxylic acids is 1. The molecule has 1 aromatic carbocycles. The van der Waals surface area contributed by atoms with E-state index < -0.39 is 11.5 Å². The Morgan fingerprint density at radius 2 is 2.00 bits per heavy atom. The number of rotatable bonds is 2. The van der Waals surface area contributed by atoms with E-state index in [2.05, 4.69) is 4.98 Å². The van der Waals surface area contributed by atoms with Gasteiger partial charge in [0.1, 0.15) is 5.56 Å². The standard InChI is InChI=1S/C13H10ClNO3/c1-7-2-3-8(14)6-10(7)9-4-5-15-12(16)11(9)13(17)18/h2-6H,1H3,(H,15,16)(H,17,18). The molecular weight excluding hydrogens is 254 g/mol. The number of carbonyl (C=O) groups is 1. The lowest BCUT2D eigenvalue weighted by Crippen LogP contribution is -2.18. The average Bonchev–Trinajstić information content (AvgIpc) is 2.31. The van der Waals surface area contributed by atoms with Crippen LogP contribution in [0.1, 0.15) is 15.9 Å². The maximum Gasteiger partial charge on any atom is 0.341 e. The summed E-state index contributed by atoms with van der Waals surface area (Å²) >= 11 is 5.91. The van der Waals surface area contributed by atoms with Crippen LogP contribution in [0.15, 0.2) is 35.3 Å². The van der Waals surface area contributed by atoms with Gasteiger partial charge in [-0.15, -0.1) is 0 Å². The van der Waals surface area contributed by atoms with Gasteiger partial charge in [0.25, 0.3) is 5.56 Å². The summed E-state index contributed by atoms with van der Waals surface area (Å²) in [6.45, 7) is 1.83. The number of carboxylic acids is 1. The minimum Gasteiger partial charge on any atom is -0.477 e. The van der Waals surface area contributed by atoms with Crippen molar-refractivity contribution >= 4 is 17.6 Å². The molecule has 1 aromatic heterocycles. The van der Waals surface area contributed by atoms with Crippen LogP contribution in [0.3, 0.4) is 0 Å². The highest BCUT2D eigenvalue weighted by Gasteiger charge is 2.17. The van der Waals surface area contributed by atoms with Crippen LogP contribution in [-0.4, -0.2) is 16.1 Å². The Balaban J connectivity index is 2.79. The quantitative estimate of drug-likeness (QED) is 0.875. The lowest BCUT2D eigenvalue weighted by Gasteiger charge is -2.09. The highest BCUT2D eigenvalue weighted by Crippen LogP contribution is 2.27. The third-order valence-corrected chi connectivity index (χ3v) is 2.90. The first kappa shape index (κ1) is 12.4. The van der Waals surface area contributed by atoms with Crippen LogP contribution in [0, 0.1) is 6.92 Å². The largest absolute Gasteiger partial charge is 0.477 e. The molecule has 0 aliphatic rings. The van der Waals surface area contributed by atoms with Crippen molar-refractivity contribution in [3.8, 4) is 11.1 Å². The number of carboxylic acid groups (broad SMARTS) is 1. The van der Waals surface area contributed by atoms with Gasteiger partial charge in [0.15, 0.2) is 0 Å². The predicted molar refractivity (Wildman–Crippen MR) is 69.2 cm³/mol. The van der Waals surface area contributed by atoms with Crippen molar-refractivity contribution in [3.63, 3.8) is 0 Å². The molecule has 2 aromatic rings. The predicted octanol–water partition coefficient (Wildman–Crippen LogP) is 2.70. The molecule has 0 aliphatic carbocycles.